The van der Waals surface area contributed by atoms with Crippen LogP contribution in [-0.2, 0) is 19.6 Å². The minimum atomic E-state index is -3.40. The van der Waals surface area contributed by atoms with Gasteiger partial charge in [-0.1, -0.05) is 0 Å². The first kappa shape index (κ1) is 8.96. The maximum absolute atomic E-state index is 11.5. The summed E-state index contributed by atoms with van der Waals surface area (Å²) in [5.74, 6) is -0.331. The van der Waals surface area contributed by atoms with E-state index in [2.05, 4.69) is 0 Å². The van der Waals surface area contributed by atoms with Gasteiger partial charge in [-0.15, -0.1) is 0 Å². The summed E-state index contributed by atoms with van der Waals surface area (Å²) in [4.78, 5) is 11.4. The number of hydrogen-bond donors (Lipinski definition) is 0. The molecule has 2 heterocycles. The first-order chi connectivity index (χ1) is 5.87. The van der Waals surface area contributed by atoms with Crippen LogP contribution in [0, 0.1) is 0 Å². The second-order valence-corrected chi connectivity index (χ2v) is 6.22. The zero-order valence-corrected chi connectivity index (χ0v) is 8.30. The van der Waals surface area contributed by atoms with Crippen molar-refractivity contribution in [2.45, 2.75) is 24.7 Å². The Hall–Kier alpha value is -0.620. The molecule has 0 spiro atoms. The molecule has 1 amide bonds. The Balaban J connectivity index is 2.19. The quantitative estimate of drug-likeness (QED) is 0.561. The standard InChI is InChI=1S/C7H11NO4S/c1-7(2)6(9)8(13(7,10)11)3-5-4-12-5/h5H,3-4H2,1-2H3. The van der Waals surface area contributed by atoms with E-state index >= 15 is 0 Å². The number of hydrogen-bond acceptors (Lipinski definition) is 4. The van der Waals surface area contributed by atoms with Crippen molar-refractivity contribution in [2.75, 3.05) is 13.2 Å². The summed E-state index contributed by atoms with van der Waals surface area (Å²) in [6.07, 6.45) is -0.0742. The molecule has 2 aliphatic heterocycles. The molecule has 2 aliphatic rings. The molecule has 2 fully saturated rings. The maximum Gasteiger partial charge on any atom is 0.258 e. The van der Waals surface area contributed by atoms with Gasteiger partial charge < -0.3 is 4.74 Å². The van der Waals surface area contributed by atoms with E-state index in [0.717, 1.165) is 4.31 Å². The Morgan fingerprint density at radius 3 is 2.54 bits per heavy atom. The molecule has 5 nitrogen and oxygen atoms in total. The van der Waals surface area contributed by atoms with Gasteiger partial charge in [0.05, 0.1) is 19.3 Å². The van der Waals surface area contributed by atoms with E-state index in [1.807, 2.05) is 0 Å². The molecule has 74 valence electrons. The summed E-state index contributed by atoms with van der Waals surface area (Å²) in [6.45, 7) is 3.59. The number of rotatable bonds is 2. The second-order valence-electron chi connectivity index (χ2n) is 3.81. The summed E-state index contributed by atoms with van der Waals surface area (Å²) in [5.41, 5.74) is 0. The molecule has 0 aromatic carbocycles. The molecule has 2 rings (SSSR count). The second kappa shape index (κ2) is 2.24. The number of carbonyl (C=O) groups excluding carboxylic acids is 1. The number of nitrogens with zero attached hydrogens (tertiary/aromatic N) is 1. The van der Waals surface area contributed by atoms with E-state index in [-0.39, 0.29) is 18.6 Å². The van der Waals surface area contributed by atoms with Crippen LogP contribution in [0.1, 0.15) is 13.8 Å². The highest BCUT2D eigenvalue weighted by Gasteiger charge is 2.60. The molecular weight excluding hydrogens is 194 g/mol. The minimum Gasteiger partial charge on any atom is -0.371 e. The maximum atomic E-state index is 11.5. The third-order valence-electron chi connectivity index (χ3n) is 2.45. The fourth-order valence-corrected chi connectivity index (χ4v) is 2.85. The van der Waals surface area contributed by atoms with Crippen molar-refractivity contribution in [1.82, 2.24) is 4.31 Å². The third-order valence-corrected chi connectivity index (χ3v) is 4.81. The number of epoxide rings is 1. The third kappa shape index (κ3) is 1.02. The summed E-state index contributed by atoms with van der Waals surface area (Å²) < 4.78 is 27.5. The topological polar surface area (TPSA) is 67.0 Å². The predicted molar refractivity (Wildman–Crippen MR) is 44.5 cm³/mol. The molecular formula is C7H11NO4S. The van der Waals surface area contributed by atoms with E-state index in [9.17, 15) is 13.2 Å². The fraction of sp³-hybridized carbons (Fsp3) is 0.857. The van der Waals surface area contributed by atoms with Crippen LogP contribution in [0.2, 0.25) is 0 Å². The molecule has 6 heteroatoms. The summed E-state index contributed by atoms with van der Waals surface area (Å²) in [6, 6.07) is 0. The van der Waals surface area contributed by atoms with Gasteiger partial charge in [0.25, 0.3) is 15.9 Å². The highest BCUT2D eigenvalue weighted by Crippen LogP contribution is 2.35. The van der Waals surface area contributed by atoms with Crippen LogP contribution in [0.15, 0.2) is 0 Å². The summed E-state index contributed by atoms with van der Waals surface area (Å²) in [5, 5.41) is 0. The average molecular weight is 205 g/mol. The van der Waals surface area contributed by atoms with Crippen molar-refractivity contribution in [3.63, 3.8) is 0 Å². The highest BCUT2D eigenvalue weighted by molar-refractivity contribution is 7.94. The Morgan fingerprint density at radius 1 is 1.62 bits per heavy atom. The van der Waals surface area contributed by atoms with Crippen molar-refractivity contribution in [3.05, 3.63) is 0 Å². The normalized spacial score (nSPS) is 34.2. The van der Waals surface area contributed by atoms with E-state index in [0.29, 0.717) is 6.61 Å². The first-order valence-corrected chi connectivity index (χ1v) is 5.49. The highest BCUT2D eigenvalue weighted by atomic mass is 32.2. The smallest absolute Gasteiger partial charge is 0.258 e. The van der Waals surface area contributed by atoms with E-state index in [4.69, 9.17) is 4.74 Å². The predicted octanol–water partition coefficient (Wildman–Crippen LogP) is -0.664. The van der Waals surface area contributed by atoms with E-state index < -0.39 is 14.8 Å². The average Bonchev–Trinajstić information content (AvgIpc) is 2.81. The van der Waals surface area contributed by atoms with Crippen molar-refractivity contribution in [1.29, 1.82) is 0 Å². The molecule has 0 bridgehead atoms. The van der Waals surface area contributed by atoms with Crippen LogP contribution < -0.4 is 0 Å². The van der Waals surface area contributed by atoms with Crippen LogP contribution in [0.3, 0.4) is 0 Å². The lowest BCUT2D eigenvalue weighted by Gasteiger charge is -2.42. The Morgan fingerprint density at radius 2 is 2.15 bits per heavy atom. The van der Waals surface area contributed by atoms with E-state index in [1.165, 1.54) is 13.8 Å². The van der Waals surface area contributed by atoms with Gasteiger partial charge in [-0.2, -0.15) is 0 Å². The monoisotopic (exact) mass is 205 g/mol. The van der Waals surface area contributed by atoms with Crippen LogP contribution in [-0.4, -0.2) is 42.6 Å². The lowest BCUT2D eigenvalue weighted by molar-refractivity contribution is -0.132. The number of carbonyl (C=O) groups is 1. The fourth-order valence-electron chi connectivity index (χ4n) is 1.30. The molecule has 0 aromatic heterocycles. The molecule has 1 unspecified atom stereocenters. The Bertz CT molecular complexity index is 355. The lowest BCUT2D eigenvalue weighted by Crippen LogP contribution is -2.67. The molecule has 0 saturated carbocycles. The van der Waals surface area contributed by atoms with Crippen molar-refractivity contribution in [2.24, 2.45) is 0 Å². The van der Waals surface area contributed by atoms with Gasteiger partial charge in [0.1, 0.15) is 0 Å². The Kier molecular flexibility index (Phi) is 1.55. The minimum absolute atomic E-state index is 0.0742. The number of ether oxygens (including phenoxy) is 1. The number of sulfonamides is 1. The van der Waals surface area contributed by atoms with Crippen LogP contribution in [0.4, 0.5) is 0 Å². The summed E-state index contributed by atoms with van der Waals surface area (Å²) in [7, 11) is -3.40. The molecule has 0 aromatic rings. The molecule has 0 radical (unpaired) electrons. The van der Waals surface area contributed by atoms with Gasteiger partial charge in [-0.05, 0) is 13.8 Å². The SMILES string of the molecule is CC1(C)C(=O)N(CC2CO2)S1(=O)=O. The van der Waals surface area contributed by atoms with E-state index in [1.54, 1.807) is 0 Å². The lowest BCUT2D eigenvalue weighted by atomic mass is 10.2. The van der Waals surface area contributed by atoms with Crippen molar-refractivity contribution >= 4 is 15.9 Å². The van der Waals surface area contributed by atoms with Crippen molar-refractivity contribution < 1.29 is 17.9 Å². The van der Waals surface area contributed by atoms with Crippen LogP contribution in [0.25, 0.3) is 0 Å². The Labute approximate surface area is 76.7 Å². The number of amides is 1. The zero-order valence-electron chi connectivity index (χ0n) is 7.48. The van der Waals surface area contributed by atoms with Crippen LogP contribution >= 0.6 is 0 Å². The van der Waals surface area contributed by atoms with Gasteiger partial charge >= 0.3 is 0 Å². The van der Waals surface area contributed by atoms with Crippen LogP contribution in [0.5, 0.6) is 0 Å². The van der Waals surface area contributed by atoms with Gasteiger partial charge in [0.15, 0.2) is 4.75 Å². The van der Waals surface area contributed by atoms with Crippen molar-refractivity contribution in [3.8, 4) is 0 Å². The zero-order chi connectivity index (χ0) is 9.85. The van der Waals surface area contributed by atoms with Gasteiger partial charge in [-0.25, -0.2) is 12.7 Å². The molecule has 1 atom stereocenters. The summed E-state index contributed by atoms with van der Waals surface area (Å²) >= 11 is 0. The van der Waals surface area contributed by atoms with Gasteiger partial charge in [0, 0.05) is 0 Å². The van der Waals surface area contributed by atoms with Gasteiger partial charge in [-0.3, -0.25) is 4.79 Å². The molecule has 2 saturated heterocycles. The van der Waals surface area contributed by atoms with Gasteiger partial charge in [0.2, 0.25) is 0 Å². The largest absolute Gasteiger partial charge is 0.371 e. The molecule has 0 N–H and O–H groups in total. The first-order valence-electron chi connectivity index (χ1n) is 4.05. The molecule has 13 heavy (non-hydrogen) atoms. The molecule has 0 aliphatic carbocycles.